The fourth-order valence-electron chi connectivity index (χ4n) is 3.35. The topological polar surface area (TPSA) is 42.0 Å². The highest BCUT2D eigenvalue weighted by Crippen LogP contribution is 2.24. The second kappa shape index (κ2) is 9.01. The molecular weight excluding hydrogens is 368 g/mol. The molecule has 0 saturated carbocycles. The van der Waals surface area contributed by atoms with E-state index in [2.05, 4.69) is 53.6 Å². The van der Waals surface area contributed by atoms with Gasteiger partial charge in [0.15, 0.2) is 0 Å². The third-order valence-corrected chi connectivity index (χ3v) is 4.90. The summed E-state index contributed by atoms with van der Waals surface area (Å²) in [6.45, 7) is 2.07. The third-order valence-electron chi connectivity index (χ3n) is 4.90. The maximum absolute atomic E-state index is 12.5. The summed E-state index contributed by atoms with van der Waals surface area (Å²) < 4.78 is 0. The Balaban J connectivity index is 1.58. The molecule has 30 heavy (non-hydrogen) atoms. The second-order valence-corrected chi connectivity index (χ2v) is 7.06. The smallest absolute Gasteiger partial charge is 0.248 e. The molecule has 0 spiro atoms. The van der Waals surface area contributed by atoms with Crippen LogP contribution in [-0.4, -0.2) is 10.9 Å². The SMILES string of the molecule is Cc1ccc(/C(=C/C=C/C(=O)Nc2cccc3cnccc23)c2ccccc2)cc1. The maximum atomic E-state index is 12.5. The molecule has 3 heteroatoms. The molecule has 4 aromatic rings. The number of allylic oxidation sites excluding steroid dienone is 2. The van der Waals surface area contributed by atoms with Crippen molar-refractivity contribution in [3.05, 3.63) is 126 Å². The number of aromatic nitrogens is 1. The van der Waals surface area contributed by atoms with Crippen LogP contribution in [0.25, 0.3) is 16.3 Å². The van der Waals surface area contributed by atoms with Gasteiger partial charge in [-0.2, -0.15) is 0 Å². The Morgan fingerprint density at radius 3 is 2.43 bits per heavy atom. The Morgan fingerprint density at radius 2 is 1.63 bits per heavy atom. The zero-order chi connectivity index (χ0) is 20.8. The van der Waals surface area contributed by atoms with Crippen molar-refractivity contribution in [1.82, 2.24) is 4.98 Å². The number of carbonyl (C=O) groups is 1. The first kappa shape index (κ1) is 19.3. The van der Waals surface area contributed by atoms with E-state index < -0.39 is 0 Å². The Labute approximate surface area is 176 Å². The molecule has 0 bridgehead atoms. The molecule has 4 rings (SSSR count). The van der Waals surface area contributed by atoms with Crippen LogP contribution in [0.2, 0.25) is 0 Å². The van der Waals surface area contributed by atoms with Crippen molar-refractivity contribution < 1.29 is 4.79 Å². The molecule has 0 aliphatic heterocycles. The summed E-state index contributed by atoms with van der Waals surface area (Å²) in [6, 6.07) is 26.3. The lowest BCUT2D eigenvalue weighted by Gasteiger charge is -2.08. The Morgan fingerprint density at radius 1 is 0.867 bits per heavy atom. The predicted molar refractivity (Wildman–Crippen MR) is 124 cm³/mol. The number of hydrogen-bond acceptors (Lipinski definition) is 2. The van der Waals surface area contributed by atoms with Gasteiger partial charge in [0.1, 0.15) is 0 Å². The van der Waals surface area contributed by atoms with E-state index in [1.54, 1.807) is 24.5 Å². The zero-order valence-electron chi connectivity index (χ0n) is 16.7. The van der Waals surface area contributed by atoms with Crippen LogP contribution in [0.4, 0.5) is 5.69 Å². The summed E-state index contributed by atoms with van der Waals surface area (Å²) in [5.74, 6) is -0.174. The number of carbonyl (C=O) groups excluding carboxylic acids is 1. The van der Waals surface area contributed by atoms with E-state index in [1.807, 2.05) is 48.5 Å². The first-order valence-corrected chi connectivity index (χ1v) is 9.85. The molecule has 1 N–H and O–H groups in total. The number of pyridine rings is 1. The fourth-order valence-corrected chi connectivity index (χ4v) is 3.35. The number of fused-ring (bicyclic) bond motifs is 1. The van der Waals surface area contributed by atoms with E-state index >= 15 is 0 Å². The van der Waals surface area contributed by atoms with Crippen LogP contribution in [0, 0.1) is 6.92 Å². The lowest BCUT2D eigenvalue weighted by molar-refractivity contribution is -0.111. The Bertz CT molecular complexity index is 1220. The summed E-state index contributed by atoms with van der Waals surface area (Å²) in [4.78, 5) is 16.6. The van der Waals surface area contributed by atoms with Gasteiger partial charge < -0.3 is 5.32 Å². The van der Waals surface area contributed by atoms with E-state index in [4.69, 9.17) is 0 Å². The summed E-state index contributed by atoms with van der Waals surface area (Å²) >= 11 is 0. The van der Waals surface area contributed by atoms with Crippen molar-refractivity contribution in [2.45, 2.75) is 6.92 Å². The number of benzene rings is 3. The normalized spacial score (nSPS) is 11.7. The highest BCUT2D eigenvalue weighted by atomic mass is 16.1. The van der Waals surface area contributed by atoms with E-state index in [0.717, 1.165) is 33.2 Å². The molecule has 0 saturated heterocycles. The molecule has 1 amide bonds. The third kappa shape index (κ3) is 4.53. The van der Waals surface area contributed by atoms with Gasteiger partial charge in [-0.05, 0) is 35.8 Å². The van der Waals surface area contributed by atoms with Gasteiger partial charge in [-0.3, -0.25) is 9.78 Å². The van der Waals surface area contributed by atoms with Gasteiger partial charge in [-0.15, -0.1) is 0 Å². The molecule has 0 fully saturated rings. The van der Waals surface area contributed by atoms with Gasteiger partial charge in [-0.25, -0.2) is 0 Å². The van der Waals surface area contributed by atoms with Crippen LogP contribution in [0.5, 0.6) is 0 Å². The standard InChI is InChI=1S/C27H22N2O/c1-20-13-15-22(16-14-20)24(21-7-3-2-4-8-21)10-6-12-27(30)29-26-11-5-9-23-19-28-18-17-25(23)26/h2-19H,1H3,(H,29,30)/b12-6+,24-10+. The van der Waals surface area contributed by atoms with Crippen molar-refractivity contribution >= 4 is 27.9 Å². The number of amides is 1. The number of nitrogens with zero attached hydrogens (tertiary/aromatic N) is 1. The molecule has 146 valence electrons. The van der Waals surface area contributed by atoms with Gasteiger partial charge in [0, 0.05) is 34.9 Å². The quantitative estimate of drug-likeness (QED) is 0.327. The van der Waals surface area contributed by atoms with Crippen LogP contribution in [0.1, 0.15) is 16.7 Å². The molecule has 3 nitrogen and oxygen atoms in total. The van der Waals surface area contributed by atoms with E-state index in [0.29, 0.717) is 0 Å². The highest BCUT2D eigenvalue weighted by Gasteiger charge is 2.05. The van der Waals surface area contributed by atoms with Crippen molar-refractivity contribution in [2.24, 2.45) is 0 Å². The van der Waals surface area contributed by atoms with Gasteiger partial charge in [0.25, 0.3) is 0 Å². The molecule has 0 unspecified atom stereocenters. The molecule has 1 aromatic heterocycles. The molecule has 0 aliphatic carbocycles. The number of rotatable bonds is 5. The fraction of sp³-hybridized carbons (Fsp3) is 0.0370. The molecule has 0 radical (unpaired) electrons. The van der Waals surface area contributed by atoms with Crippen LogP contribution < -0.4 is 5.32 Å². The minimum Gasteiger partial charge on any atom is -0.322 e. The molecule has 0 aliphatic rings. The lowest BCUT2D eigenvalue weighted by atomic mass is 9.97. The van der Waals surface area contributed by atoms with Gasteiger partial charge in [0.05, 0.1) is 0 Å². The first-order chi connectivity index (χ1) is 14.7. The Kier molecular flexibility index (Phi) is 5.81. The average molecular weight is 390 g/mol. The highest BCUT2D eigenvalue weighted by molar-refractivity contribution is 6.06. The number of hydrogen-bond donors (Lipinski definition) is 1. The number of anilines is 1. The summed E-state index contributed by atoms with van der Waals surface area (Å²) in [6.07, 6.45) is 8.84. The van der Waals surface area contributed by atoms with Crippen LogP contribution in [0.3, 0.4) is 0 Å². The van der Waals surface area contributed by atoms with Crippen molar-refractivity contribution in [2.75, 3.05) is 5.32 Å². The molecular formula is C27H22N2O. The van der Waals surface area contributed by atoms with Gasteiger partial charge in [-0.1, -0.05) is 84.4 Å². The average Bonchev–Trinajstić information content (AvgIpc) is 2.78. The van der Waals surface area contributed by atoms with Crippen LogP contribution in [-0.2, 0) is 4.79 Å². The lowest BCUT2D eigenvalue weighted by Crippen LogP contribution is -2.08. The van der Waals surface area contributed by atoms with E-state index in [9.17, 15) is 4.79 Å². The van der Waals surface area contributed by atoms with Crippen molar-refractivity contribution in [1.29, 1.82) is 0 Å². The largest absolute Gasteiger partial charge is 0.322 e. The predicted octanol–water partition coefficient (Wildman–Crippen LogP) is 6.17. The minimum absolute atomic E-state index is 0.174. The molecule has 0 atom stereocenters. The zero-order valence-corrected chi connectivity index (χ0v) is 16.7. The van der Waals surface area contributed by atoms with Gasteiger partial charge in [0.2, 0.25) is 5.91 Å². The van der Waals surface area contributed by atoms with Crippen LogP contribution in [0.15, 0.2) is 109 Å². The maximum Gasteiger partial charge on any atom is 0.248 e. The van der Waals surface area contributed by atoms with E-state index in [-0.39, 0.29) is 5.91 Å². The monoisotopic (exact) mass is 390 g/mol. The molecule has 1 heterocycles. The van der Waals surface area contributed by atoms with E-state index in [1.165, 1.54) is 5.56 Å². The Hall–Kier alpha value is -3.98. The van der Waals surface area contributed by atoms with Gasteiger partial charge >= 0.3 is 0 Å². The number of aryl methyl sites for hydroxylation is 1. The summed E-state index contributed by atoms with van der Waals surface area (Å²) in [7, 11) is 0. The van der Waals surface area contributed by atoms with Crippen LogP contribution >= 0.6 is 0 Å². The van der Waals surface area contributed by atoms with Crippen molar-refractivity contribution in [3.8, 4) is 0 Å². The minimum atomic E-state index is -0.174. The molecule has 3 aromatic carbocycles. The van der Waals surface area contributed by atoms with Crippen molar-refractivity contribution in [3.63, 3.8) is 0 Å². The first-order valence-electron chi connectivity index (χ1n) is 9.85. The summed E-state index contributed by atoms with van der Waals surface area (Å²) in [5.41, 5.74) is 5.27. The number of nitrogens with one attached hydrogen (secondary N) is 1. The second-order valence-electron chi connectivity index (χ2n) is 7.06. The summed E-state index contributed by atoms with van der Waals surface area (Å²) in [5, 5.41) is 4.92.